The second-order valence-electron chi connectivity index (χ2n) is 19.3. The molecule has 1 unspecified atom stereocenters. The van der Waals surface area contributed by atoms with Crippen molar-refractivity contribution in [2.24, 2.45) is 33.4 Å². The maximum atomic E-state index is 6.21. The molecule has 0 radical (unpaired) electrons. The Hall–Kier alpha value is -3.63. The first-order chi connectivity index (χ1) is 34.4. The minimum Gasteiger partial charge on any atom is -0.381 e. The molecule has 3 aliphatic heterocycles. The number of anilines is 6. The van der Waals surface area contributed by atoms with Crippen molar-refractivity contribution in [3.63, 3.8) is 0 Å². The summed E-state index contributed by atoms with van der Waals surface area (Å²) in [4.78, 5) is 35.8. The van der Waals surface area contributed by atoms with Crippen LogP contribution in [-0.4, -0.2) is 87.3 Å². The smallest absolute Gasteiger partial charge is 0.158 e. The summed E-state index contributed by atoms with van der Waals surface area (Å²) in [7, 11) is 0. The van der Waals surface area contributed by atoms with Gasteiger partial charge in [-0.3, -0.25) is 0 Å². The summed E-state index contributed by atoms with van der Waals surface area (Å²) in [6.07, 6.45) is 12.3. The molecule has 0 amide bonds. The molecule has 3 atom stereocenters. The Morgan fingerprint density at radius 1 is 0.431 bits per heavy atom. The van der Waals surface area contributed by atoms with E-state index in [1.807, 2.05) is 36.4 Å². The third-order valence-corrected chi connectivity index (χ3v) is 20.8. The molecule has 24 heteroatoms. The lowest BCUT2D eigenvalue weighted by Crippen LogP contribution is -2.69. The summed E-state index contributed by atoms with van der Waals surface area (Å²) < 4.78 is 0. The highest BCUT2D eigenvalue weighted by atomic mass is 35.5. The van der Waals surface area contributed by atoms with Crippen molar-refractivity contribution in [1.82, 2.24) is 29.9 Å². The number of aromatic nitrogens is 6. The first-order valence-corrected chi connectivity index (χ1v) is 27.9. The summed E-state index contributed by atoms with van der Waals surface area (Å²) in [5, 5.41) is 4.89. The van der Waals surface area contributed by atoms with Gasteiger partial charge in [-0.2, -0.15) is 0 Å². The zero-order chi connectivity index (χ0) is 50.7. The quantitative estimate of drug-likeness (QED) is 0.0788. The lowest BCUT2D eigenvalue weighted by molar-refractivity contribution is 0.0557. The van der Waals surface area contributed by atoms with E-state index in [0.717, 1.165) is 90.7 Å². The average molecular weight is 1150 g/mol. The molecular formula is C48H51Cl6N15S3. The number of hydrogen-bond donors (Lipinski definition) is 6. The van der Waals surface area contributed by atoms with Gasteiger partial charge in [0.15, 0.2) is 17.5 Å². The molecule has 15 nitrogen and oxygen atoms in total. The largest absolute Gasteiger partial charge is 0.381 e. The van der Waals surface area contributed by atoms with Gasteiger partial charge < -0.3 is 49.1 Å². The van der Waals surface area contributed by atoms with E-state index in [1.54, 1.807) is 36.8 Å². The highest BCUT2D eigenvalue weighted by molar-refractivity contribution is 8.00. The van der Waals surface area contributed by atoms with Crippen LogP contribution >= 0.6 is 105 Å². The number of nitrogens with two attached hydrogens (primary N) is 6. The van der Waals surface area contributed by atoms with Gasteiger partial charge >= 0.3 is 0 Å². The summed E-state index contributed by atoms with van der Waals surface area (Å²) in [5.41, 5.74) is 37.5. The number of halogens is 6. The van der Waals surface area contributed by atoms with Gasteiger partial charge in [-0.15, -0.1) is 0 Å². The SMILES string of the molecule is Nc1nc(N2CC3(CCC3N)C2)cnc1Sc1cccc(Cl)c1Cl.Nc1nc(N2CC3(CC[C@@H]3N)C2)cnc1Sc1cccc(Cl)c1Cl.Nc1nc(N2CC3(CC[C@H]3N)C2)cnc1Sc1cccc(Cl)c1Cl. The average Bonchev–Trinajstić information content (AvgIpc) is 3.31. The zero-order valence-electron chi connectivity index (χ0n) is 38.6. The fourth-order valence-electron chi connectivity index (χ4n) is 9.81. The first-order valence-electron chi connectivity index (χ1n) is 23.2. The molecule has 3 aromatic carbocycles. The molecule has 6 aromatic rings. The van der Waals surface area contributed by atoms with Crippen molar-refractivity contribution in [3.8, 4) is 0 Å². The Balaban J connectivity index is 0.000000124. The van der Waals surface area contributed by atoms with Crippen LogP contribution in [0.15, 0.2) is 103 Å². The number of hydrogen-bond acceptors (Lipinski definition) is 18. The molecule has 3 saturated carbocycles. The lowest BCUT2D eigenvalue weighted by Gasteiger charge is -2.59. The molecule has 6 heterocycles. The number of benzene rings is 3. The van der Waals surface area contributed by atoms with Gasteiger partial charge in [-0.05, 0) is 74.9 Å². The molecule has 12 N–H and O–H groups in total. The normalized spacial score (nSPS) is 21.5. The van der Waals surface area contributed by atoms with E-state index >= 15 is 0 Å². The van der Waals surface area contributed by atoms with E-state index in [1.165, 1.54) is 54.5 Å². The van der Waals surface area contributed by atoms with Crippen LogP contribution < -0.4 is 49.1 Å². The molecule has 0 bridgehead atoms. The van der Waals surface area contributed by atoms with Crippen LogP contribution in [-0.2, 0) is 0 Å². The van der Waals surface area contributed by atoms with Crippen molar-refractivity contribution < 1.29 is 0 Å². The van der Waals surface area contributed by atoms with Gasteiger partial charge in [0, 0.05) is 88.3 Å². The summed E-state index contributed by atoms with van der Waals surface area (Å²) in [6.45, 7) is 5.64. The van der Waals surface area contributed by atoms with Crippen molar-refractivity contribution in [3.05, 3.63) is 103 Å². The molecule has 3 saturated heterocycles. The van der Waals surface area contributed by atoms with E-state index in [9.17, 15) is 0 Å². The van der Waals surface area contributed by atoms with Gasteiger partial charge in [0.05, 0.1) is 48.7 Å². The van der Waals surface area contributed by atoms with E-state index < -0.39 is 0 Å². The molecule has 3 aliphatic carbocycles. The fourth-order valence-corrected chi connectivity index (χ4v) is 13.7. The van der Waals surface area contributed by atoms with E-state index in [2.05, 4.69) is 44.6 Å². The molecule has 6 aliphatic rings. The van der Waals surface area contributed by atoms with E-state index in [-0.39, 0.29) is 16.2 Å². The van der Waals surface area contributed by atoms with Crippen LogP contribution in [0.5, 0.6) is 0 Å². The minimum atomic E-state index is 0.290. The molecule has 3 aromatic heterocycles. The summed E-state index contributed by atoms with van der Waals surface area (Å²) in [5.74, 6) is 3.60. The highest BCUT2D eigenvalue weighted by Crippen LogP contribution is 2.51. The van der Waals surface area contributed by atoms with Crippen LogP contribution in [0.3, 0.4) is 0 Å². The van der Waals surface area contributed by atoms with Gasteiger partial charge in [0.2, 0.25) is 0 Å². The standard InChI is InChI=1S/3C16H17Cl2N5S/c3*17-9-2-1-3-10(13(9)18)24-15-14(20)22-12(6-21-15)23-7-16(8-23)5-4-11(16)19/h3*1-3,6,11H,4-5,7-8,19H2,(H2,20,22)/t2*11-;/m10./s1. The van der Waals surface area contributed by atoms with E-state index in [4.69, 9.17) is 104 Å². The Kier molecular flexibility index (Phi) is 15.0. The first kappa shape index (κ1) is 51.8. The molecule has 3 spiro atoms. The van der Waals surface area contributed by atoms with Crippen LogP contribution in [0.1, 0.15) is 38.5 Å². The number of nitrogen functional groups attached to an aromatic ring is 3. The third-order valence-electron chi connectivity index (χ3n) is 14.8. The molecule has 378 valence electrons. The second-order valence-corrected chi connectivity index (χ2v) is 24.8. The molecular weight excluding hydrogens is 1100 g/mol. The van der Waals surface area contributed by atoms with Crippen molar-refractivity contribution >= 4 is 140 Å². The van der Waals surface area contributed by atoms with Crippen LogP contribution in [0.25, 0.3) is 0 Å². The Bertz CT molecular complexity index is 2700. The predicted molar refractivity (Wildman–Crippen MR) is 297 cm³/mol. The fraction of sp³-hybridized carbons (Fsp3) is 0.375. The highest BCUT2D eigenvalue weighted by Gasteiger charge is 2.55. The van der Waals surface area contributed by atoms with Crippen molar-refractivity contribution in [1.29, 1.82) is 0 Å². The third kappa shape index (κ3) is 10.1. The molecule has 72 heavy (non-hydrogen) atoms. The number of rotatable bonds is 9. The maximum Gasteiger partial charge on any atom is 0.158 e. The van der Waals surface area contributed by atoms with Crippen LogP contribution in [0, 0.1) is 16.2 Å². The Morgan fingerprint density at radius 2 is 0.694 bits per heavy atom. The Morgan fingerprint density at radius 3 is 0.903 bits per heavy atom. The van der Waals surface area contributed by atoms with E-state index in [0.29, 0.717) is 80.8 Å². The van der Waals surface area contributed by atoms with Gasteiger partial charge in [-0.25, -0.2) is 29.9 Å². The Labute approximate surface area is 460 Å². The molecule has 12 rings (SSSR count). The van der Waals surface area contributed by atoms with Crippen molar-refractivity contribution in [2.45, 2.75) is 86.4 Å². The maximum absolute atomic E-state index is 6.21. The van der Waals surface area contributed by atoms with Gasteiger partial charge in [0.25, 0.3) is 0 Å². The summed E-state index contributed by atoms with van der Waals surface area (Å²) in [6, 6.07) is 17.4. The topological polar surface area (TPSA) is 243 Å². The van der Waals surface area contributed by atoms with Gasteiger partial charge in [-0.1, -0.05) is 123 Å². The minimum absolute atomic E-state index is 0.290. The van der Waals surface area contributed by atoms with Crippen molar-refractivity contribution in [2.75, 3.05) is 71.2 Å². The predicted octanol–water partition coefficient (Wildman–Crippen LogP) is 10.3. The van der Waals surface area contributed by atoms with Crippen LogP contribution in [0.2, 0.25) is 30.1 Å². The van der Waals surface area contributed by atoms with Gasteiger partial charge in [0.1, 0.15) is 32.5 Å². The van der Waals surface area contributed by atoms with Crippen LogP contribution in [0.4, 0.5) is 34.9 Å². The molecule has 6 fully saturated rings. The number of nitrogens with zero attached hydrogens (tertiary/aromatic N) is 9. The lowest BCUT2D eigenvalue weighted by atomic mass is 9.60. The zero-order valence-corrected chi connectivity index (χ0v) is 45.6. The monoisotopic (exact) mass is 1140 g/mol. The second kappa shape index (κ2) is 20.8. The summed E-state index contributed by atoms with van der Waals surface area (Å²) >= 11 is 40.9.